The molecule has 12 heavy (non-hydrogen) atoms. The minimum atomic E-state index is -0.518. The summed E-state index contributed by atoms with van der Waals surface area (Å²) in [6, 6.07) is 0. The quantitative estimate of drug-likeness (QED) is 0.537. The van der Waals surface area contributed by atoms with Gasteiger partial charge in [0.25, 0.3) is 0 Å². The lowest BCUT2D eigenvalue weighted by Crippen LogP contribution is -2.37. The number of nitrogens with zero attached hydrogens (tertiary/aromatic N) is 1. The molecule has 1 N–H and O–H groups in total. The van der Waals surface area contributed by atoms with Crippen molar-refractivity contribution in [1.29, 1.82) is 0 Å². The Bertz CT molecular complexity index is 216. The molecule has 0 atom stereocenters. The summed E-state index contributed by atoms with van der Waals surface area (Å²) in [5, 5.41) is 1.92. The van der Waals surface area contributed by atoms with Crippen LogP contribution in [0.25, 0.3) is 0 Å². The van der Waals surface area contributed by atoms with E-state index in [1.165, 1.54) is 4.90 Å². The van der Waals surface area contributed by atoms with E-state index in [0.29, 0.717) is 13.2 Å². The molecule has 0 saturated carbocycles. The number of imide groups is 1. The highest BCUT2D eigenvalue weighted by molar-refractivity contribution is 5.89. The predicted molar refractivity (Wildman–Crippen MR) is 37.1 cm³/mol. The molecule has 3 amide bonds. The average Bonchev–Trinajstić information content (AvgIpc) is 2.37. The van der Waals surface area contributed by atoms with Gasteiger partial charge >= 0.3 is 6.09 Å². The number of hydrogen-bond acceptors (Lipinski definition) is 4. The number of carbonyl (C=O) groups is 3. The van der Waals surface area contributed by atoms with E-state index in [1.807, 2.05) is 5.32 Å². The van der Waals surface area contributed by atoms with Gasteiger partial charge in [-0.25, -0.2) is 4.79 Å². The number of nitrogens with one attached hydrogen (secondary N) is 1. The minimum Gasteiger partial charge on any atom is -0.448 e. The summed E-state index contributed by atoms with van der Waals surface area (Å²) in [5.41, 5.74) is 0. The standard InChI is InChI=1S/C6H8N2O4/c9-4-7-5(10)3-8-1-2-12-6(8)11/h4H,1-3H2,(H,7,9,10). The van der Waals surface area contributed by atoms with Crippen LogP contribution >= 0.6 is 0 Å². The van der Waals surface area contributed by atoms with Crippen LogP contribution in [-0.4, -0.2) is 43.0 Å². The highest BCUT2D eigenvalue weighted by Gasteiger charge is 2.23. The van der Waals surface area contributed by atoms with Crippen molar-refractivity contribution < 1.29 is 19.1 Å². The first-order valence-electron chi connectivity index (χ1n) is 3.39. The highest BCUT2D eigenvalue weighted by Crippen LogP contribution is 2.01. The first-order chi connectivity index (χ1) is 5.74. The summed E-state index contributed by atoms with van der Waals surface area (Å²) in [6.45, 7) is 0.565. The van der Waals surface area contributed by atoms with Gasteiger partial charge in [-0.1, -0.05) is 0 Å². The Morgan fingerprint density at radius 3 is 3.00 bits per heavy atom. The van der Waals surface area contributed by atoms with Gasteiger partial charge in [-0.15, -0.1) is 0 Å². The maximum absolute atomic E-state index is 10.8. The van der Waals surface area contributed by atoms with E-state index in [0.717, 1.165) is 0 Å². The number of ether oxygens (including phenoxy) is 1. The van der Waals surface area contributed by atoms with Crippen LogP contribution in [0.15, 0.2) is 0 Å². The summed E-state index contributed by atoms with van der Waals surface area (Å²) >= 11 is 0. The second kappa shape index (κ2) is 3.70. The lowest BCUT2D eigenvalue weighted by molar-refractivity contribution is -0.125. The molecule has 6 heteroatoms. The maximum atomic E-state index is 10.8. The molecular weight excluding hydrogens is 164 g/mol. The van der Waals surface area contributed by atoms with Gasteiger partial charge in [0.05, 0.1) is 6.54 Å². The van der Waals surface area contributed by atoms with Gasteiger partial charge in [0.2, 0.25) is 12.3 Å². The molecule has 1 aliphatic rings. The Morgan fingerprint density at radius 1 is 1.75 bits per heavy atom. The van der Waals surface area contributed by atoms with Crippen LogP contribution in [0.4, 0.5) is 4.79 Å². The predicted octanol–water partition coefficient (Wildman–Crippen LogP) is -1.29. The van der Waals surface area contributed by atoms with Gasteiger partial charge in [-0.05, 0) is 0 Å². The van der Waals surface area contributed by atoms with Crippen LogP contribution in [0.2, 0.25) is 0 Å². The SMILES string of the molecule is O=CNC(=O)CN1CCOC1=O. The monoisotopic (exact) mass is 172 g/mol. The van der Waals surface area contributed by atoms with Crippen molar-refractivity contribution >= 4 is 18.4 Å². The maximum Gasteiger partial charge on any atom is 0.410 e. The summed E-state index contributed by atoms with van der Waals surface area (Å²) in [5.74, 6) is -0.510. The van der Waals surface area contributed by atoms with Crippen molar-refractivity contribution in [2.45, 2.75) is 0 Å². The number of rotatable bonds is 3. The van der Waals surface area contributed by atoms with Gasteiger partial charge in [-0.3, -0.25) is 19.8 Å². The van der Waals surface area contributed by atoms with Gasteiger partial charge < -0.3 is 4.74 Å². The number of carbonyl (C=O) groups excluding carboxylic acids is 3. The normalized spacial score (nSPS) is 15.7. The third kappa shape index (κ3) is 1.94. The Morgan fingerprint density at radius 2 is 2.50 bits per heavy atom. The number of amides is 3. The molecule has 1 rings (SSSR count). The first-order valence-corrected chi connectivity index (χ1v) is 3.39. The van der Waals surface area contributed by atoms with E-state index in [2.05, 4.69) is 4.74 Å². The summed E-state index contributed by atoms with van der Waals surface area (Å²) in [6.07, 6.45) is -0.236. The third-order valence-electron chi connectivity index (χ3n) is 1.40. The Hall–Kier alpha value is -1.59. The zero-order valence-corrected chi connectivity index (χ0v) is 6.28. The smallest absolute Gasteiger partial charge is 0.410 e. The van der Waals surface area contributed by atoms with Crippen LogP contribution in [0.1, 0.15) is 0 Å². The second-order valence-corrected chi connectivity index (χ2v) is 2.22. The fraction of sp³-hybridized carbons (Fsp3) is 0.500. The number of hydrogen-bond donors (Lipinski definition) is 1. The molecule has 0 aliphatic carbocycles. The minimum absolute atomic E-state index is 0.127. The highest BCUT2D eigenvalue weighted by atomic mass is 16.6. The average molecular weight is 172 g/mol. The fourth-order valence-corrected chi connectivity index (χ4v) is 0.854. The van der Waals surface area contributed by atoms with E-state index >= 15 is 0 Å². The largest absolute Gasteiger partial charge is 0.448 e. The van der Waals surface area contributed by atoms with Gasteiger partial charge in [0.15, 0.2) is 0 Å². The Balaban J connectivity index is 2.34. The molecule has 1 saturated heterocycles. The van der Waals surface area contributed by atoms with E-state index in [1.54, 1.807) is 0 Å². The molecular formula is C6H8N2O4. The van der Waals surface area contributed by atoms with Crippen LogP contribution < -0.4 is 5.32 Å². The Labute approximate surface area is 68.5 Å². The molecule has 1 heterocycles. The van der Waals surface area contributed by atoms with Crippen molar-refractivity contribution in [3.05, 3.63) is 0 Å². The van der Waals surface area contributed by atoms with Gasteiger partial charge in [0, 0.05) is 0 Å². The van der Waals surface area contributed by atoms with Crippen molar-refractivity contribution in [3.8, 4) is 0 Å². The zero-order valence-electron chi connectivity index (χ0n) is 6.28. The van der Waals surface area contributed by atoms with Crippen LogP contribution in [0, 0.1) is 0 Å². The molecule has 0 unspecified atom stereocenters. The number of cyclic esters (lactones) is 1. The van der Waals surface area contributed by atoms with Crippen LogP contribution in [0.5, 0.6) is 0 Å². The van der Waals surface area contributed by atoms with Crippen molar-refractivity contribution in [2.75, 3.05) is 19.7 Å². The lowest BCUT2D eigenvalue weighted by atomic mass is 10.5. The lowest BCUT2D eigenvalue weighted by Gasteiger charge is -2.09. The molecule has 1 aliphatic heterocycles. The zero-order chi connectivity index (χ0) is 8.97. The topological polar surface area (TPSA) is 75.7 Å². The van der Waals surface area contributed by atoms with E-state index < -0.39 is 12.0 Å². The third-order valence-corrected chi connectivity index (χ3v) is 1.40. The van der Waals surface area contributed by atoms with Crippen molar-refractivity contribution in [2.24, 2.45) is 0 Å². The van der Waals surface area contributed by atoms with E-state index in [9.17, 15) is 14.4 Å². The second-order valence-electron chi connectivity index (χ2n) is 2.22. The molecule has 66 valence electrons. The van der Waals surface area contributed by atoms with Crippen LogP contribution in [-0.2, 0) is 14.3 Å². The first kappa shape index (κ1) is 8.51. The molecule has 0 aromatic rings. The van der Waals surface area contributed by atoms with Crippen molar-refractivity contribution in [1.82, 2.24) is 10.2 Å². The molecule has 6 nitrogen and oxygen atoms in total. The molecule has 0 aromatic carbocycles. The molecule has 0 radical (unpaired) electrons. The molecule has 0 spiro atoms. The van der Waals surface area contributed by atoms with Gasteiger partial charge in [0.1, 0.15) is 13.2 Å². The van der Waals surface area contributed by atoms with Crippen LogP contribution in [0.3, 0.4) is 0 Å². The van der Waals surface area contributed by atoms with Crippen molar-refractivity contribution in [3.63, 3.8) is 0 Å². The molecule has 0 bridgehead atoms. The summed E-state index contributed by atoms with van der Waals surface area (Å²) in [4.78, 5) is 32.5. The molecule has 0 aromatic heterocycles. The molecule has 1 fully saturated rings. The summed E-state index contributed by atoms with van der Waals surface area (Å²) in [7, 11) is 0. The van der Waals surface area contributed by atoms with E-state index in [-0.39, 0.29) is 13.0 Å². The van der Waals surface area contributed by atoms with E-state index in [4.69, 9.17) is 0 Å². The van der Waals surface area contributed by atoms with Gasteiger partial charge in [-0.2, -0.15) is 0 Å². The fourth-order valence-electron chi connectivity index (χ4n) is 0.854. The summed E-state index contributed by atoms with van der Waals surface area (Å²) < 4.78 is 4.56. The Kier molecular flexibility index (Phi) is 2.62.